The molecule has 1 aromatic heterocycles. The molecule has 1 aromatic rings. The summed E-state index contributed by atoms with van der Waals surface area (Å²) < 4.78 is 1.91. The van der Waals surface area contributed by atoms with Gasteiger partial charge in [-0.05, 0) is 0 Å². The first-order chi connectivity index (χ1) is 4.34. The van der Waals surface area contributed by atoms with Gasteiger partial charge >= 0.3 is 0 Å². The molecule has 0 fully saturated rings. The van der Waals surface area contributed by atoms with Gasteiger partial charge in [0.1, 0.15) is 5.49 Å². The zero-order valence-corrected chi connectivity index (χ0v) is 5.57. The van der Waals surface area contributed by atoms with Crippen LogP contribution in [0.15, 0.2) is 23.6 Å². The van der Waals surface area contributed by atoms with Crippen LogP contribution < -0.4 is 5.49 Å². The maximum absolute atomic E-state index is 3.97. The molecule has 0 aliphatic rings. The average molecular weight is 123 g/mol. The molecule has 0 saturated carbocycles. The molecule has 0 amide bonds. The van der Waals surface area contributed by atoms with Crippen LogP contribution in [0.2, 0.25) is 0 Å². The molecule has 0 unspecified atom stereocenters. The largest absolute Gasteiger partial charge is 0.334 e. The number of rotatable bonds is 0. The van der Waals surface area contributed by atoms with E-state index in [9.17, 15) is 0 Å². The lowest BCUT2D eigenvalue weighted by Crippen LogP contribution is -2.16. The molecular formula is C6H9N3. The minimum Gasteiger partial charge on any atom is -0.334 e. The van der Waals surface area contributed by atoms with E-state index in [4.69, 9.17) is 0 Å². The van der Waals surface area contributed by atoms with Crippen LogP contribution >= 0.6 is 0 Å². The Balaban J connectivity index is 3.33. The summed E-state index contributed by atoms with van der Waals surface area (Å²) in [6.07, 6.45) is 5.32. The summed E-state index contributed by atoms with van der Waals surface area (Å²) >= 11 is 0. The van der Waals surface area contributed by atoms with Gasteiger partial charge in [0.15, 0.2) is 0 Å². The molecule has 1 heterocycles. The third-order valence-electron chi connectivity index (χ3n) is 1.16. The van der Waals surface area contributed by atoms with E-state index in [0.29, 0.717) is 0 Å². The molecular weight excluding hydrogens is 114 g/mol. The Labute approximate surface area is 53.7 Å². The highest BCUT2D eigenvalue weighted by Gasteiger charge is 1.79. The maximum atomic E-state index is 3.97. The monoisotopic (exact) mass is 123 g/mol. The summed E-state index contributed by atoms with van der Waals surface area (Å²) in [5.41, 5.74) is 0.887. The third-order valence-corrected chi connectivity index (χ3v) is 1.16. The highest BCUT2D eigenvalue weighted by Crippen LogP contribution is 1.68. The molecule has 9 heavy (non-hydrogen) atoms. The quantitative estimate of drug-likeness (QED) is 0.475. The van der Waals surface area contributed by atoms with Gasteiger partial charge in [0, 0.05) is 26.5 Å². The summed E-state index contributed by atoms with van der Waals surface area (Å²) in [4.78, 5) is 7.87. The molecule has 0 N–H and O–H groups in total. The highest BCUT2D eigenvalue weighted by molar-refractivity contribution is 4.76. The van der Waals surface area contributed by atoms with E-state index in [0.717, 1.165) is 5.49 Å². The fourth-order valence-corrected chi connectivity index (χ4v) is 0.631. The van der Waals surface area contributed by atoms with Gasteiger partial charge in [-0.2, -0.15) is 0 Å². The third kappa shape index (κ3) is 1.16. The molecule has 0 saturated heterocycles. The van der Waals surface area contributed by atoms with Gasteiger partial charge in [-0.3, -0.25) is 9.98 Å². The molecule has 1 rings (SSSR count). The van der Waals surface area contributed by atoms with Gasteiger partial charge in [0.05, 0.1) is 6.20 Å². The maximum Gasteiger partial charge on any atom is 0.145 e. The van der Waals surface area contributed by atoms with Gasteiger partial charge in [-0.1, -0.05) is 0 Å². The zero-order valence-electron chi connectivity index (χ0n) is 5.57. The van der Waals surface area contributed by atoms with E-state index in [1.165, 1.54) is 0 Å². The predicted molar refractivity (Wildman–Crippen MR) is 34.7 cm³/mol. The van der Waals surface area contributed by atoms with Crippen LogP contribution in [0.5, 0.6) is 0 Å². The molecule has 0 atom stereocenters. The summed E-state index contributed by atoms with van der Waals surface area (Å²) in [6.45, 7) is 0. The van der Waals surface area contributed by atoms with Crippen molar-refractivity contribution in [2.75, 3.05) is 7.05 Å². The van der Waals surface area contributed by atoms with Crippen molar-refractivity contribution in [1.29, 1.82) is 0 Å². The Kier molecular flexibility index (Phi) is 1.63. The van der Waals surface area contributed by atoms with Gasteiger partial charge in [-0.15, -0.1) is 0 Å². The Bertz CT molecular complexity index is 248. The number of aromatic nitrogens is 2. The Morgan fingerprint density at radius 1 is 1.67 bits per heavy atom. The summed E-state index contributed by atoms with van der Waals surface area (Å²) in [6, 6.07) is 0. The lowest BCUT2D eigenvalue weighted by molar-refractivity contribution is 0.809. The van der Waals surface area contributed by atoms with Gasteiger partial charge in [0.25, 0.3) is 0 Å². The standard InChI is InChI=1S/C6H9N3/c1-7-6-5-8-3-4-9(6)2/h3-5H,1-2H3. The summed E-state index contributed by atoms with van der Waals surface area (Å²) in [5, 5.41) is 0. The second-order valence-corrected chi connectivity index (χ2v) is 1.77. The van der Waals surface area contributed by atoms with Crippen molar-refractivity contribution in [3.63, 3.8) is 0 Å². The Hall–Kier alpha value is -1.12. The van der Waals surface area contributed by atoms with E-state index in [2.05, 4.69) is 9.98 Å². The zero-order chi connectivity index (χ0) is 6.69. The van der Waals surface area contributed by atoms with Crippen molar-refractivity contribution in [3.05, 3.63) is 24.1 Å². The fraction of sp³-hybridized carbons (Fsp3) is 0.333. The Morgan fingerprint density at radius 3 is 2.89 bits per heavy atom. The van der Waals surface area contributed by atoms with Crippen molar-refractivity contribution in [2.24, 2.45) is 12.0 Å². The highest BCUT2D eigenvalue weighted by atomic mass is 15.0. The number of hydrogen-bond donors (Lipinski definition) is 0. The van der Waals surface area contributed by atoms with Crippen molar-refractivity contribution in [2.45, 2.75) is 0 Å². The number of aryl methyl sites for hydroxylation is 1. The second-order valence-electron chi connectivity index (χ2n) is 1.77. The first-order valence-electron chi connectivity index (χ1n) is 2.74. The first kappa shape index (κ1) is 6.01. The van der Waals surface area contributed by atoms with Crippen molar-refractivity contribution < 1.29 is 0 Å². The van der Waals surface area contributed by atoms with Gasteiger partial charge in [-0.25, -0.2) is 0 Å². The van der Waals surface area contributed by atoms with E-state index in [-0.39, 0.29) is 0 Å². The normalized spacial score (nSPS) is 12.0. The van der Waals surface area contributed by atoms with Gasteiger partial charge < -0.3 is 4.57 Å². The molecule has 3 nitrogen and oxygen atoms in total. The molecule has 48 valence electrons. The van der Waals surface area contributed by atoms with Crippen molar-refractivity contribution in [1.82, 2.24) is 9.55 Å². The van der Waals surface area contributed by atoms with Crippen LogP contribution in [0, 0.1) is 0 Å². The molecule has 0 spiro atoms. The van der Waals surface area contributed by atoms with Crippen LogP contribution in [-0.2, 0) is 7.05 Å². The smallest absolute Gasteiger partial charge is 0.145 e. The molecule has 3 heteroatoms. The van der Waals surface area contributed by atoms with E-state index < -0.39 is 0 Å². The van der Waals surface area contributed by atoms with E-state index >= 15 is 0 Å². The number of hydrogen-bond acceptors (Lipinski definition) is 2. The predicted octanol–water partition coefficient (Wildman–Crippen LogP) is -0.0494. The van der Waals surface area contributed by atoms with Crippen LogP contribution in [-0.4, -0.2) is 16.6 Å². The molecule has 0 aliphatic heterocycles. The van der Waals surface area contributed by atoms with E-state index in [1.54, 1.807) is 19.4 Å². The topological polar surface area (TPSA) is 30.2 Å². The van der Waals surface area contributed by atoms with Gasteiger partial charge in [0.2, 0.25) is 0 Å². The Morgan fingerprint density at radius 2 is 2.44 bits per heavy atom. The molecule has 0 radical (unpaired) electrons. The average Bonchev–Trinajstić information content (AvgIpc) is 1.89. The number of nitrogens with zero attached hydrogens (tertiary/aromatic N) is 3. The molecule has 0 aromatic carbocycles. The van der Waals surface area contributed by atoms with E-state index in [1.807, 2.05) is 17.8 Å². The first-order valence-corrected chi connectivity index (χ1v) is 2.74. The van der Waals surface area contributed by atoms with Crippen LogP contribution in [0.1, 0.15) is 0 Å². The fourth-order valence-electron chi connectivity index (χ4n) is 0.631. The van der Waals surface area contributed by atoms with Crippen LogP contribution in [0.4, 0.5) is 0 Å². The lowest BCUT2D eigenvalue weighted by atomic mass is 10.7. The molecule has 0 aliphatic carbocycles. The minimum atomic E-state index is 0.887. The summed E-state index contributed by atoms with van der Waals surface area (Å²) in [7, 11) is 3.68. The lowest BCUT2D eigenvalue weighted by Gasteiger charge is -1.93. The van der Waals surface area contributed by atoms with Crippen LogP contribution in [0.3, 0.4) is 0 Å². The van der Waals surface area contributed by atoms with Crippen molar-refractivity contribution in [3.8, 4) is 0 Å². The van der Waals surface area contributed by atoms with Crippen molar-refractivity contribution >= 4 is 0 Å². The second kappa shape index (κ2) is 2.44. The SMILES string of the molecule is CN=c1cnccn1C. The summed E-state index contributed by atoms with van der Waals surface area (Å²) in [5.74, 6) is 0. The molecule has 0 bridgehead atoms. The van der Waals surface area contributed by atoms with Crippen LogP contribution in [0.25, 0.3) is 0 Å². The minimum absolute atomic E-state index is 0.887.